The lowest BCUT2D eigenvalue weighted by Crippen LogP contribution is -2.46. The van der Waals surface area contributed by atoms with E-state index in [0.717, 1.165) is 11.0 Å². The lowest BCUT2D eigenvalue weighted by Gasteiger charge is -2.39. The van der Waals surface area contributed by atoms with Crippen molar-refractivity contribution in [1.29, 1.82) is 0 Å². The Labute approximate surface area is 117 Å². The number of halogens is 1. The highest BCUT2D eigenvalue weighted by molar-refractivity contribution is 9.10. The van der Waals surface area contributed by atoms with E-state index in [-0.39, 0.29) is 0 Å². The number of hydrogen-bond acceptors (Lipinski definition) is 2. The lowest BCUT2D eigenvalue weighted by molar-refractivity contribution is 0.245. The Kier molecular flexibility index (Phi) is 4.56. The molecule has 1 fully saturated rings. The number of hydrogen-bond donors (Lipinski definition) is 1. The highest BCUT2D eigenvalue weighted by Gasteiger charge is 2.31. The molecule has 1 aromatic carbocycles. The molecule has 1 saturated heterocycles. The molecule has 1 atom stereocenters. The average Bonchev–Trinajstić information content (AvgIpc) is 2.27. The second kappa shape index (κ2) is 5.77. The van der Waals surface area contributed by atoms with Gasteiger partial charge in [0.2, 0.25) is 0 Å². The van der Waals surface area contributed by atoms with Crippen LogP contribution in [0, 0.1) is 5.41 Å². The Bertz CT molecular complexity index is 378. The van der Waals surface area contributed by atoms with Gasteiger partial charge < -0.3 is 5.32 Å². The summed E-state index contributed by atoms with van der Waals surface area (Å²) in [5.41, 5.74) is 1.78. The Morgan fingerprint density at radius 3 is 3.00 bits per heavy atom. The van der Waals surface area contributed by atoms with Gasteiger partial charge >= 0.3 is 0 Å². The van der Waals surface area contributed by atoms with E-state index in [1.807, 2.05) is 0 Å². The zero-order valence-electron chi connectivity index (χ0n) is 10.5. The molecule has 17 heavy (non-hydrogen) atoms. The minimum atomic E-state index is 0.428. The third-order valence-corrected chi connectivity index (χ3v) is 5.12. The Hall–Kier alpha value is 0.01000. The van der Waals surface area contributed by atoms with Gasteiger partial charge in [-0.05, 0) is 35.3 Å². The van der Waals surface area contributed by atoms with E-state index in [4.69, 9.17) is 0 Å². The minimum absolute atomic E-state index is 0.428. The summed E-state index contributed by atoms with van der Waals surface area (Å²) in [4.78, 5) is 0. The molecule has 0 spiro atoms. The summed E-state index contributed by atoms with van der Waals surface area (Å²) in [5.74, 6) is 2.54. The second-order valence-corrected chi connectivity index (χ2v) is 7.44. The number of nitrogens with one attached hydrogen (secondary N) is 1. The van der Waals surface area contributed by atoms with E-state index in [2.05, 4.69) is 71.1 Å². The van der Waals surface area contributed by atoms with E-state index in [9.17, 15) is 0 Å². The van der Waals surface area contributed by atoms with Gasteiger partial charge in [-0.15, -0.1) is 0 Å². The zero-order chi connectivity index (χ0) is 12.3. The van der Waals surface area contributed by atoms with Gasteiger partial charge in [0, 0.05) is 22.8 Å². The molecule has 0 bridgehead atoms. The fourth-order valence-electron chi connectivity index (χ4n) is 2.16. The fourth-order valence-corrected chi connectivity index (χ4v) is 4.25. The van der Waals surface area contributed by atoms with Gasteiger partial charge in [0.25, 0.3) is 0 Å². The summed E-state index contributed by atoms with van der Waals surface area (Å²) < 4.78 is 1.16. The van der Waals surface area contributed by atoms with Crippen molar-refractivity contribution in [1.82, 2.24) is 5.32 Å². The van der Waals surface area contributed by atoms with Crippen molar-refractivity contribution in [2.75, 3.05) is 11.5 Å². The van der Waals surface area contributed by atoms with E-state index in [1.54, 1.807) is 0 Å². The molecule has 0 amide bonds. The van der Waals surface area contributed by atoms with Crippen LogP contribution in [0.15, 0.2) is 28.7 Å². The van der Waals surface area contributed by atoms with Crippen molar-refractivity contribution in [3.8, 4) is 0 Å². The van der Waals surface area contributed by atoms with Crippen molar-refractivity contribution in [2.24, 2.45) is 5.41 Å². The molecule has 1 aliphatic rings. The van der Waals surface area contributed by atoms with Crippen LogP contribution in [-0.2, 0) is 6.54 Å². The molecule has 1 heterocycles. The number of thioether (sulfide) groups is 1. The van der Waals surface area contributed by atoms with Gasteiger partial charge in [-0.3, -0.25) is 0 Å². The molecule has 3 heteroatoms. The predicted molar refractivity (Wildman–Crippen MR) is 80.5 cm³/mol. The normalized spacial score (nSPS) is 23.6. The first kappa shape index (κ1) is 13.4. The molecular formula is C14H20BrNS. The predicted octanol–water partition coefficient (Wildman–Crippen LogP) is 4.07. The minimum Gasteiger partial charge on any atom is -0.309 e. The molecule has 0 aliphatic carbocycles. The average molecular weight is 314 g/mol. The third kappa shape index (κ3) is 3.73. The van der Waals surface area contributed by atoms with Crippen LogP contribution in [0.1, 0.15) is 25.8 Å². The van der Waals surface area contributed by atoms with Crippen LogP contribution in [0.2, 0.25) is 0 Å². The van der Waals surface area contributed by atoms with Gasteiger partial charge in [0.15, 0.2) is 0 Å². The molecule has 1 unspecified atom stereocenters. The van der Waals surface area contributed by atoms with E-state index in [0.29, 0.717) is 11.5 Å². The van der Waals surface area contributed by atoms with Crippen molar-refractivity contribution in [3.63, 3.8) is 0 Å². The van der Waals surface area contributed by atoms with Crippen molar-refractivity contribution < 1.29 is 0 Å². The number of rotatable bonds is 3. The highest BCUT2D eigenvalue weighted by atomic mass is 79.9. The summed E-state index contributed by atoms with van der Waals surface area (Å²) in [6, 6.07) is 9.17. The topological polar surface area (TPSA) is 12.0 Å². The van der Waals surface area contributed by atoms with Crippen molar-refractivity contribution >= 4 is 27.7 Å². The lowest BCUT2D eigenvalue weighted by atomic mass is 9.82. The van der Waals surface area contributed by atoms with Crippen LogP contribution in [0.3, 0.4) is 0 Å². The van der Waals surface area contributed by atoms with Gasteiger partial charge in [-0.2, -0.15) is 11.8 Å². The Morgan fingerprint density at radius 2 is 2.29 bits per heavy atom. The van der Waals surface area contributed by atoms with Crippen molar-refractivity contribution in [3.05, 3.63) is 34.3 Å². The molecule has 1 aromatic rings. The molecule has 2 rings (SSSR count). The van der Waals surface area contributed by atoms with Crippen LogP contribution in [0.4, 0.5) is 0 Å². The first-order valence-corrected chi connectivity index (χ1v) is 8.08. The molecule has 0 radical (unpaired) electrons. The smallest absolute Gasteiger partial charge is 0.0212 e. The largest absolute Gasteiger partial charge is 0.309 e. The second-order valence-electron chi connectivity index (χ2n) is 5.38. The summed E-state index contributed by atoms with van der Waals surface area (Å²) >= 11 is 5.59. The van der Waals surface area contributed by atoms with E-state index < -0.39 is 0 Å². The zero-order valence-corrected chi connectivity index (χ0v) is 12.9. The van der Waals surface area contributed by atoms with Gasteiger partial charge in [-0.1, -0.05) is 41.9 Å². The molecule has 1 N–H and O–H groups in total. The summed E-state index contributed by atoms with van der Waals surface area (Å²) in [5, 5.41) is 3.71. The maximum Gasteiger partial charge on any atom is 0.0212 e. The maximum atomic E-state index is 3.71. The van der Waals surface area contributed by atoms with Crippen LogP contribution in [0.25, 0.3) is 0 Å². The SMILES string of the molecule is CC1(C)CCSCC1NCc1cccc(Br)c1. The highest BCUT2D eigenvalue weighted by Crippen LogP contribution is 2.34. The molecule has 0 saturated carbocycles. The van der Waals surface area contributed by atoms with Crippen LogP contribution >= 0.6 is 27.7 Å². The fraction of sp³-hybridized carbons (Fsp3) is 0.571. The van der Waals surface area contributed by atoms with Crippen LogP contribution in [0.5, 0.6) is 0 Å². The number of benzene rings is 1. The van der Waals surface area contributed by atoms with Gasteiger partial charge in [0.1, 0.15) is 0 Å². The third-order valence-electron chi connectivity index (χ3n) is 3.56. The monoisotopic (exact) mass is 313 g/mol. The van der Waals surface area contributed by atoms with E-state index >= 15 is 0 Å². The molecular weight excluding hydrogens is 294 g/mol. The molecule has 0 aromatic heterocycles. The molecule has 1 nitrogen and oxygen atoms in total. The van der Waals surface area contributed by atoms with Gasteiger partial charge in [-0.25, -0.2) is 0 Å². The van der Waals surface area contributed by atoms with Crippen LogP contribution in [-0.4, -0.2) is 17.5 Å². The standard InChI is InChI=1S/C14H20BrNS/c1-14(2)6-7-17-10-13(14)16-9-11-4-3-5-12(15)8-11/h3-5,8,13,16H,6-7,9-10H2,1-2H3. The van der Waals surface area contributed by atoms with E-state index in [1.165, 1.54) is 23.5 Å². The van der Waals surface area contributed by atoms with Gasteiger partial charge in [0.05, 0.1) is 0 Å². The maximum absolute atomic E-state index is 3.71. The molecule has 94 valence electrons. The summed E-state index contributed by atoms with van der Waals surface area (Å²) in [7, 11) is 0. The summed E-state index contributed by atoms with van der Waals surface area (Å²) in [6.07, 6.45) is 1.31. The van der Waals surface area contributed by atoms with Crippen molar-refractivity contribution in [2.45, 2.75) is 32.9 Å². The molecule has 1 aliphatic heterocycles. The first-order chi connectivity index (χ1) is 8.08. The Morgan fingerprint density at radius 1 is 1.47 bits per heavy atom. The summed E-state index contributed by atoms with van der Waals surface area (Å²) in [6.45, 7) is 5.73. The first-order valence-electron chi connectivity index (χ1n) is 6.13. The van der Waals surface area contributed by atoms with Crippen LogP contribution < -0.4 is 5.32 Å². The quantitative estimate of drug-likeness (QED) is 0.902. The Balaban J connectivity index is 1.93.